The average Bonchev–Trinajstić information content (AvgIpc) is 2.74. The summed E-state index contributed by atoms with van der Waals surface area (Å²) < 4.78 is 26.8. The fraction of sp³-hybridized carbons (Fsp3) is 0.333. The van der Waals surface area contributed by atoms with Crippen molar-refractivity contribution < 1.29 is 27.9 Å². The number of benzene rings is 1. The number of carboxylic acid groups (broad SMARTS) is 1. The summed E-state index contributed by atoms with van der Waals surface area (Å²) >= 11 is 0. The number of amides is 2. The van der Waals surface area contributed by atoms with Crippen LogP contribution in [-0.2, 0) is 21.2 Å². The van der Waals surface area contributed by atoms with Gasteiger partial charge in [0.1, 0.15) is 5.69 Å². The van der Waals surface area contributed by atoms with E-state index in [1.165, 1.54) is 18.2 Å². The normalized spacial score (nSPS) is 11.0. The Balaban J connectivity index is 1.91. The van der Waals surface area contributed by atoms with E-state index >= 15 is 0 Å². The molecule has 2 aromatic rings. The van der Waals surface area contributed by atoms with Gasteiger partial charge in [-0.2, -0.15) is 0 Å². The molecule has 0 saturated heterocycles. The first-order valence-corrected chi connectivity index (χ1v) is 11.3. The number of pyridine rings is 1. The Bertz CT molecular complexity index is 1020. The highest BCUT2D eigenvalue weighted by Gasteiger charge is 2.19. The zero-order valence-electron chi connectivity index (χ0n) is 17.1. The van der Waals surface area contributed by atoms with Crippen LogP contribution in [0.1, 0.15) is 59.0 Å². The monoisotopic (exact) mass is 447 g/mol. The van der Waals surface area contributed by atoms with Gasteiger partial charge in [-0.25, -0.2) is 22.9 Å². The Labute approximate surface area is 180 Å². The van der Waals surface area contributed by atoms with Crippen LogP contribution in [0, 0.1) is 0 Å². The molecule has 0 atom stereocenters. The molecule has 1 aromatic carbocycles. The maximum atomic E-state index is 12.4. The highest BCUT2D eigenvalue weighted by Crippen LogP contribution is 2.12. The Kier molecular flexibility index (Phi) is 8.68. The molecule has 10 heteroatoms. The van der Waals surface area contributed by atoms with Crippen molar-refractivity contribution in [2.45, 2.75) is 43.9 Å². The number of sulfonamides is 1. The third-order valence-electron chi connectivity index (χ3n) is 4.45. The minimum absolute atomic E-state index is 0.00115. The Hall–Kier alpha value is -3.27. The lowest BCUT2D eigenvalue weighted by molar-refractivity contribution is -0.121. The smallest absolute Gasteiger partial charge is 0.354 e. The van der Waals surface area contributed by atoms with Crippen molar-refractivity contribution in [3.05, 3.63) is 59.4 Å². The van der Waals surface area contributed by atoms with Crippen molar-refractivity contribution in [3.8, 4) is 0 Å². The molecule has 166 valence electrons. The first-order chi connectivity index (χ1) is 14.7. The molecule has 0 unspecified atom stereocenters. The number of nitrogens with zero attached hydrogens (tertiary/aromatic N) is 1. The first-order valence-electron chi connectivity index (χ1n) is 9.85. The molecular formula is C21H25N3O6S. The van der Waals surface area contributed by atoms with Crippen LogP contribution in [-0.4, -0.2) is 42.8 Å². The van der Waals surface area contributed by atoms with Gasteiger partial charge in [-0.05, 0) is 42.7 Å². The van der Waals surface area contributed by atoms with Gasteiger partial charge < -0.3 is 10.4 Å². The van der Waals surface area contributed by atoms with Gasteiger partial charge in [0.05, 0.1) is 10.5 Å². The van der Waals surface area contributed by atoms with Crippen molar-refractivity contribution in [2.24, 2.45) is 0 Å². The third kappa shape index (κ3) is 7.49. The Morgan fingerprint density at radius 1 is 1.03 bits per heavy atom. The second kappa shape index (κ2) is 11.2. The van der Waals surface area contributed by atoms with Gasteiger partial charge in [0, 0.05) is 19.2 Å². The SMILES string of the molecule is CCCCCC(=O)NCCc1ccc(S(=O)(=O)NC(=O)c2ccc(C(=O)O)nc2)cc1. The number of hydrogen-bond acceptors (Lipinski definition) is 6. The predicted octanol–water partition coefficient (Wildman–Crippen LogP) is 2.14. The summed E-state index contributed by atoms with van der Waals surface area (Å²) in [6.45, 7) is 2.52. The van der Waals surface area contributed by atoms with Crippen LogP contribution in [0.4, 0.5) is 0 Å². The molecule has 0 aliphatic rings. The van der Waals surface area contributed by atoms with Gasteiger partial charge in [0.25, 0.3) is 15.9 Å². The van der Waals surface area contributed by atoms with Crippen LogP contribution in [0.2, 0.25) is 0 Å². The van der Waals surface area contributed by atoms with Crippen molar-refractivity contribution >= 4 is 27.8 Å². The van der Waals surface area contributed by atoms with Crippen molar-refractivity contribution in [3.63, 3.8) is 0 Å². The van der Waals surface area contributed by atoms with Crippen molar-refractivity contribution in [1.82, 2.24) is 15.0 Å². The summed E-state index contributed by atoms with van der Waals surface area (Å²) in [6.07, 6.45) is 4.97. The predicted molar refractivity (Wildman–Crippen MR) is 113 cm³/mol. The van der Waals surface area contributed by atoms with Crippen molar-refractivity contribution in [2.75, 3.05) is 6.54 Å². The molecule has 1 heterocycles. The second-order valence-corrected chi connectivity index (χ2v) is 8.56. The number of aromatic nitrogens is 1. The van der Waals surface area contributed by atoms with E-state index in [0.717, 1.165) is 37.1 Å². The van der Waals surface area contributed by atoms with E-state index in [4.69, 9.17) is 5.11 Å². The molecule has 0 saturated carbocycles. The van der Waals surface area contributed by atoms with Gasteiger partial charge in [-0.3, -0.25) is 9.59 Å². The minimum Gasteiger partial charge on any atom is -0.477 e. The van der Waals surface area contributed by atoms with E-state index in [-0.39, 0.29) is 22.1 Å². The van der Waals surface area contributed by atoms with Crippen LogP contribution < -0.4 is 10.0 Å². The molecule has 3 N–H and O–H groups in total. The Morgan fingerprint density at radius 3 is 2.32 bits per heavy atom. The molecule has 0 aliphatic carbocycles. The fourth-order valence-corrected chi connectivity index (χ4v) is 3.67. The maximum absolute atomic E-state index is 12.4. The molecule has 0 aliphatic heterocycles. The van der Waals surface area contributed by atoms with Gasteiger partial charge in [0.15, 0.2) is 0 Å². The van der Waals surface area contributed by atoms with E-state index < -0.39 is 21.9 Å². The third-order valence-corrected chi connectivity index (χ3v) is 5.80. The van der Waals surface area contributed by atoms with E-state index in [1.54, 1.807) is 12.1 Å². The number of nitrogens with one attached hydrogen (secondary N) is 2. The molecule has 0 radical (unpaired) electrons. The number of rotatable bonds is 11. The molecule has 31 heavy (non-hydrogen) atoms. The van der Waals surface area contributed by atoms with Crippen LogP contribution in [0.5, 0.6) is 0 Å². The first kappa shape index (κ1) is 24.0. The largest absolute Gasteiger partial charge is 0.477 e. The van der Waals surface area contributed by atoms with Gasteiger partial charge in [0.2, 0.25) is 5.91 Å². The molecule has 0 bridgehead atoms. The van der Waals surface area contributed by atoms with Gasteiger partial charge in [-0.1, -0.05) is 31.9 Å². The number of carbonyl (C=O) groups excluding carboxylic acids is 2. The summed E-state index contributed by atoms with van der Waals surface area (Å²) in [5.41, 5.74) is 0.500. The molecular weight excluding hydrogens is 422 g/mol. The summed E-state index contributed by atoms with van der Waals surface area (Å²) in [7, 11) is -4.11. The number of aromatic carboxylic acids is 1. The summed E-state index contributed by atoms with van der Waals surface area (Å²) in [5, 5.41) is 11.7. The molecule has 2 rings (SSSR count). The average molecular weight is 448 g/mol. The van der Waals surface area contributed by atoms with E-state index in [0.29, 0.717) is 19.4 Å². The maximum Gasteiger partial charge on any atom is 0.354 e. The Morgan fingerprint density at radius 2 is 1.74 bits per heavy atom. The summed E-state index contributed by atoms with van der Waals surface area (Å²) in [5.74, 6) is -2.17. The lowest BCUT2D eigenvalue weighted by Gasteiger charge is -2.09. The van der Waals surface area contributed by atoms with Crippen LogP contribution in [0.25, 0.3) is 0 Å². The molecule has 2 amide bonds. The molecule has 1 aromatic heterocycles. The molecule has 0 spiro atoms. The van der Waals surface area contributed by atoms with Crippen LogP contribution in [0.15, 0.2) is 47.5 Å². The number of unbranched alkanes of at least 4 members (excludes halogenated alkanes) is 2. The zero-order valence-corrected chi connectivity index (χ0v) is 17.9. The van der Waals surface area contributed by atoms with Crippen LogP contribution >= 0.6 is 0 Å². The van der Waals surface area contributed by atoms with E-state index in [9.17, 15) is 22.8 Å². The lowest BCUT2D eigenvalue weighted by atomic mass is 10.1. The molecule has 9 nitrogen and oxygen atoms in total. The number of carbonyl (C=O) groups is 3. The second-order valence-electron chi connectivity index (χ2n) is 6.87. The van der Waals surface area contributed by atoms with Gasteiger partial charge in [-0.15, -0.1) is 0 Å². The highest BCUT2D eigenvalue weighted by atomic mass is 32.2. The number of hydrogen-bond donors (Lipinski definition) is 3. The van der Waals surface area contributed by atoms with Crippen LogP contribution in [0.3, 0.4) is 0 Å². The molecule has 0 fully saturated rings. The minimum atomic E-state index is -4.11. The zero-order chi connectivity index (χ0) is 22.9. The van der Waals surface area contributed by atoms with Crippen molar-refractivity contribution in [1.29, 1.82) is 0 Å². The van der Waals surface area contributed by atoms with E-state index in [1.807, 2.05) is 4.72 Å². The summed E-state index contributed by atoms with van der Waals surface area (Å²) in [6, 6.07) is 8.28. The van der Waals surface area contributed by atoms with Gasteiger partial charge >= 0.3 is 5.97 Å². The lowest BCUT2D eigenvalue weighted by Crippen LogP contribution is -2.30. The highest BCUT2D eigenvalue weighted by molar-refractivity contribution is 7.90. The fourth-order valence-electron chi connectivity index (χ4n) is 2.70. The topological polar surface area (TPSA) is 143 Å². The quantitative estimate of drug-likeness (QED) is 0.448. The summed E-state index contributed by atoms with van der Waals surface area (Å²) in [4.78, 5) is 38.2. The van der Waals surface area contributed by atoms with E-state index in [2.05, 4.69) is 17.2 Å². The number of carboxylic acids is 1. The standard InChI is InChI=1S/C21H25N3O6S/c1-2-3-4-5-19(25)22-13-12-15-6-9-17(10-7-15)31(29,30)24-20(26)16-8-11-18(21(27)28)23-14-16/h6-11,14H,2-5,12-13H2,1H3,(H,22,25)(H,24,26)(H,27,28).